The van der Waals surface area contributed by atoms with E-state index in [4.69, 9.17) is 4.84 Å². The number of ketones is 1. The Hall–Kier alpha value is -3.41. The molecule has 0 bridgehead atoms. The molecule has 1 aliphatic heterocycles. The normalized spacial score (nSPS) is 15.7. The van der Waals surface area contributed by atoms with Gasteiger partial charge in [0.2, 0.25) is 0 Å². The van der Waals surface area contributed by atoms with E-state index in [-0.39, 0.29) is 23.7 Å². The SMILES string of the molecule is Cc1ccc(-c2cc(C(=O)C[C@H](C)c3ccc(F)cn3)cc(C3=NOC(C)(C)C3)c2)nc1. The predicted octanol–water partition coefficient (Wildman–Crippen LogP) is 5.87. The molecule has 0 fully saturated rings. The molecule has 0 spiro atoms. The average molecular weight is 432 g/mol. The third-order valence-corrected chi connectivity index (χ3v) is 5.54. The zero-order chi connectivity index (χ0) is 22.9. The number of rotatable bonds is 6. The molecule has 2 aromatic heterocycles. The van der Waals surface area contributed by atoms with E-state index >= 15 is 0 Å². The van der Waals surface area contributed by atoms with Gasteiger partial charge in [0.25, 0.3) is 0 Å². The molecule has 3 heterocycles. The van der Waals surface area contributed by atoms with Crippen molar-refractivity contribution in [3.05, 3.63) is 83.1 Å². The van der Waals surface area contributed by atoms with Crippen LogP contribution in [0.1, 0.15) is 66.7 Å². The average Bonchev–Trinajstić information content (AvgIpc) is 3.14. The molecule has 0 radical (unpaired) electrons. The van der Waals surface area contributed by atoms with E-state index in [0.717, 1.165) is 28.1 Å². The third-order valence-electron chi connectivity index (χ3n) is 5.54. The minimum Gasteiger partial charge on any atom is -0.389 e. The van der Waals surface area contributed by atoms with Gasteiger partial charge in [-0.15, -0.1) is 0 Å². The van der Waals surface area contributed by atoms with Gasteiger partial charge in [-0.25, -0.2) is 4.39 Å². The molecule has 4 rings (SSSR count). The van der Waals surface area contributed by atoms with Gasteiger partial charge < -0.3 is 4.84 Å². The smallest absolute Gasteiger partial charge is 0.163 e. The van der Waals surface area contributed by atoms with Crippen LogP contribution in [0.15, 0.2) is 60.0 Å². The maximum atomic E-state index is 13.2. The van der Waals surface area contributed by atoms with Crippen molar-refractivity contribution in [2.45, 2.75) is 52.1 Å². The lowest BCUT2D eigenvalue weighted by Gasteiger charge is -2.14. The zero-order valence-electron chi connectivity index (χ0n) is 18.7. The number of halogens is 1. The highest BCUT2D eigenvalue weighted by molar-refractivity contribution is 6.06. The van der Waals surface area contributed by atoms with E-state index in [2.05, 4.69) is 15.1 Å². The summed E-state index contributed by atoms with van der Waals surface area (Å²) in [6.45, 7) is 7.87. The van der Waals surface area contributed by atoms with Gasteiger partial charge in [-0.2, -0.15) is 0 Å². The highest BCUT2D eigenvalue weighted by Gasteiger charge is 2.30. The van der Waals surface area contributed by atoms with Crippen LogP contribution in [0.5, 0.6) is 0 Å². The fourth-order valence-corrected chi connectivity index (χ4v) is 3.72. The number of hydrogen-bond acceptors (Lipinski definition) is 5. The number of carbonyl (C=O) groups is 1. The maximum absolute atomic E-state index is 13.2. The minimum atomic E-state index is -0.391. The standard InChI is InChI=1S/C26H26FN3O2/c1-16-5-7-23(28-14-16)18-10-19(24-13-26(3,4)32-30-24)12-20(11-18)25(31)9-17(2)22-8-6-21(27)15-29-22/h5-8,10-12,14-15,17H,9,13H2,1-4H3/t17-/m0/s1. The molecular formula is C26H26FN3O2. The fraction of sp³-hybridized carbons (Fsp3) is 0.308. The molecule has 3 aromatic rings. The quantitative estimate of drug-likeness (QED) is 0.458. The van der Waals surface area contributed by atoms with Crippen LogP contribution in [0, 0.1) is 12.7 Å². The Balaban J connectivity index is 1.67. The largest absolute Gasteiger partial charge is 0.389 e. The lowest BCUT2D eigenvalue weighted by Crippen LogP contribution is -2.19. The van der Waals surface area contributed by atoms with Crippen molar-refractivity contribution in [3.63, 3.8) is 0 Å². The molecule has 5 nitrogen and oxygen atoms in total. The van der Waals surface area contributed by atoms with E-state index in [9.17, 15) is 9.18 Å². The molecular weight excluding hydrogens is 405 g/mol. The lowest BCUT2D eigenvalue weighted by molar-refractivity contribution is 0.0123. The molecule has 0 unspecified atom stereocenters. The molecule has 1 aromatic carbocycles. The number of carbonyl (C=O) groups excluding carboxylic acids is 1. The van der Waals surface area contributed by atoms with Gasteiger partial charge in [-0.1, -0.05) is 18.1 Å². The Labute approximate surface area is 187 Å². The summed E-state index contributed by atoms with van der Waals surface area (Å²) in [7, 11) is 0. The van der Waals surface area contributed by atoms with E-state index < -0.39 is 5.82 Å². The van der Waals surface area contributed by atoms with Crippen LogP contribution in [-0.4, -0.2) is 27.1 Å². The number of pyridine rings is 2. The second-order valence-electron chi connectivity index (χ2n) is 9.02. The lowest BCUT2D eigenvalue weighted by atomic mass is 9.91. The minimum absolute atomic E-state index is 0.0161. The Kier molecular flexibility index (Phi) is 5.87. The molecule has 0 saturated heterocycles. The van der Waals surface area contributed by atoms with Gasteiger partial charge in [0.1, 0.15) is 11.4 Å². The molecule has 1 aliphatic rings. The summed E-state index contributed by atoms with van der Waals surface area (Å²) in [4.78, 5) is 27.4. The fourth-order valence-electron chi connectivity index (χ4n) is 3.72. The van der Waals surface area contributed by atoms with Gasteiger partial charge in [0, 0.05) is 47.3 Å². The Morgan fingerprint density at radius 2 is 1.88 bits per heavy atom. The summed E-state index contributed by atoms with van der Waals surface area (Å²) in [6, 6.07) is 12.7. The first kappa shape index (κ1) is 21.8. The highest BCUT2D eigenvalue weighted by atomic mass is 19.1. The number of Topliss-reactive ketones (excluding diaryl/α,β-unsaturated/α-hetero) is 1. The number of oxime groups is 1. The number of hydrogen-bond donors (Lipinski definition) is 0. The van der Waals surface area contributed by atoms with Crippen molar-refractivity contribution in [2.24, 2.45) is 5.16 Å². The van der Waals surface area contributed by atoms with Crippen molar-refractivity contribution in [3.8, 4) is 11.3 Å². The summed E-state index contributed by atoms with van der Waals surface area (Å²) in [6.07, 6.45) is 3.90. The van der Waals surface area contributed by atoms with Crippen molar-refractivity contribution >= 4 is 11.5 Å². The topological polar surface area (TPSA) is 64.4 Å². The van der Waals surface area contributed by atoms with Crippen molar-refractivity contribution in [2.75, 3.05) is 0 Å². The number of nitrogens with zero attached hydrogens (tertiary/aromatic N) is 3. The van der Waals surface area contributed by atoms with E-state index in [1.807, 2.05) is 64.2 Å². The van der Waals surface area contributed by atoms with Gasteiger partial charge >= 0.3 is 0 Å². The summed E-state index contributed by atoms with van der Waals surface area (Å²) in [5.74, 6) is -0.547. The van der Waals surface area contributed by atoms with Gasteiger partial charge in [0.05, 0.1) is 17.6 Å². The van der Waals surface area contributed by atoms with E-state index in [1.54, 1.807) is 6.07 Å². The molecule has 1 atom stereocenters. The summed E-state index contributed by atoms with van der Waals surface area (Å²) in [5, 5.41) is 4.26. The molecule has 0 N–H and O–H groups in total. The van der Waals surface area contributed by atoms with Gasteiger partial charge in [-0.05, 0) is 62.7 Å². The van der Waals surface area contributed by atoms with Crippen LogP contribution in [0.2, 0.25) is 0 Å². The molecule has 0 amide bonds. The van der Waals surface area contributed by atoms with Gasteiger partial charge in [0.15, 0.2) is 5.78 Å². The molecule has 164 valence electrons. The van der Waals surface area contributed by atoms with Crippen LogP contribution in [0.4, 0.5) is 4.39 Å². The first-order chi connectivity index (χ1) is 15.2. The van der Waals surface area contributed by atoms with Crippen molar-refractivity contribution in [1.29, 1.82) is 0 Å². The predicted molar refractivity (Wildman–Crippen MR) is 122 cm³/mol. The van der Waals surface area contributed by atoms with Gasteiger partial charge in [-0.3, -0.25) is 14.8 Å². The second kappa shape index (κ2) is 8.61. The number of benzene rings is 1. The number of aromatic nitrogens is 2. The van der Waals surface area contributed by atoms with Crippen LogP contribution in [0.3, 0.4) is 0 Å². The zero-order valence-corrected chi connectivity index (χ0v) is 18.7. The Morgan fingerprint density at radius 3 is 2.50 bits per heavy atom. The molecule has 0 saturated carbocycles. The molecule has 0 aliphatic carbocycles. The monoisotopic (exact) mass is 431 g/mol. The first-order valence-electron chi connectivity index (χ1n) is 10.7. The van der Waals surface area contributed by atoms with Crippen LogP contribution >= 0.6 is 0 Å². The summed E-state index contributed by atoms with van der Waals surface area (Å²) in [5.41, 5.74) is 5.27. The van der Waals surface area contributed by atoms with E-state index in [1.165, 1.54) is 12.3 Å². The third kappa shape index (κ3) is 4.90. The van der Waals surface area contributed by atoms with Crippen LogP contribution < -0.4 is 0 Å². The highest BCUT2D eigenvalue weighted by Crippen LogP contribution is 2.30. The Morgan fingerprint density at radius 1 is 1.09 bits per heavy atom. The van der Waals surface area contributed by atoms with Crippen LogP contribution in [0.25, 0.3) is 11.3 Å². The van der Waals surface area contributed by atoms with Crippen molar-refractivity contribution in [1.82, 2.24) is 9.97 Å². The van der Waals surface area contributed by atoms with Crippen molar-refractivity contribution < 1.29 is 14.0 Å². The van der Waals surface area contributed by atoms with Crippen LogP contribution in [-0.2, 0) is 4.84 Å². The summed E-state index contributed by atoms with van der Waals surface area (Å²) >= 11 is 0. The first-order valence-corrected chi connectivity index (χ1v) is 10.7. The molecule has 32 heavy (non-hydrogen) atoms. The van der Waals surface area contributed by atoms with E-state index in [0.29, 0.717) is 17.7 Å². The number of aryl methyl sites for hydroxylation is 1. The Bertz CT molecular complexity index is 1170. The summed E-state index contributed by atoms with van der Waals surface area (Å²) < 4.78 is 13.2. The molecule has 6 heteroatoms. The maximum Gasteiger partial charge on any atom is 0.163 e. The second-order valence-corrected chi connectivity index (χ2v) is 9.02.